The quantitative estimate of drug-likeness (QED) is 0.145. The van der Waals surface area contributed by atoms with Crippen LogP contribution in [0.4, 0.5) is 0 Å². The molecule has 0 atom stereocenters. The van der Waals surface area contributed by atoms with Gasteiger partial charge in [0.05, 0.1) is 0 Å². The van der Waals surface area contributed by atoms with Gasteiger partial charge in [0.1, 0.15) is 0 Å². The van der Waals surface area contributed by atoms with E-state index in [1.165, 1.54) is 95.2 Å². The van der Waals surface area contributed by atoms with Gasteiger partial charge in [0.2, 0.25) is 6.71 Å². The maximum Gasteiger partial charge on any atom is 0.242 e. The lowest BCUT2D eigenvalue weighted by molar-refractivity contribution is 0.819. The number of aryl methyl sites for hydroxylation is 5. The van der Waals surface area contributed by atoms with Crippen molar-refractivity contribution >= 4 is 34.2 Å². The van der Waals surface area contributed by atoms with Crippen LogP contribution in [0.3, 0.4) is 0 Å². The van der Waals surface area contributed by atoms with E-state index in [1.54, 1.807) is 5.57 Å². The van der Waals surface area contributed by atoms with Crippen molar-refractivity contribution in [2.24, 2.45) is 0 Å². The first-order chi connectivity index (χ1) is 25.7. The average molecular weight is 695 g/mol. The second kappa shape index (κ2) is 17.5. The van der Waals surface area contributed by atoms with E-state index in [4.69, 9.17) is 0 Å². The molecule has 0 nitrogen and oxygen atoms in total. The van der Waals surface area contributed by atoms with Gasteiger partial charge in [-0.2, -0.15) is 0 Å². The third kappa shape index (κ3) is 8.62. The first-order valence-corrected chi connectivity index (χ1v) is 20.2. The van der Waals surface area contributed by atoms with Gasteiger partial charge in [-0.25, -0.2) is 0 Å². The molecule has 6 rings (SSSR count). The van der Waals surface area contributed by atoms with Crippen molar-refractivity contribution in [3.05, 3.63) is 171 Å². The second-order valence-corrected chi connectivity index (χ2v) is 15.4. The number of rotatable bonds is 10. The summed E-state index contributed by atoms with van der Waals surface area (Å²) in [5, 5.41) is 0. The van der Waals surface area contributed by atoms with Crippen molar-refractivity contribution in [2.75, 3.05) is 0 Å². The Kier molecular flexibility index (Phi) is 12.6. The van der Waals surface area contributed by atoms with Crippen LogP contribution in [0.5, 0.6) is 0 Å². The van der Waals surface area contributed by atoms with Crippen LogP contribution in [0.25, 0.3) is 22.3 Å². The minimum atomic E-state index is 0.142. The Morgan fingerprint density at radius 2 is 1.45 bits per heavy atom. The molecule has 0 saturated heterocycles. The molecule has 0 unspecified atom stereocenters. The molecule has 0 N–H and O–H groups in total. The van der Waals surface area contributed by atoms with E-state index in [2.05, 4.69) is 171 Å². The number of benzene rings is 4. The minimum Gasteiger partial charge on any atom is -0.0845 e. The second-order valence-electron chi connectivity index (χ2n) is 15.4. The summed E-state index contributed by atoms with van der Waals surface area (Å²) in [6.07, 6.45) is 27.3. The highest BCUT2D eigenvalue weighted by Gasteiger charge is 2.29. The third-order valence-electron chi connectivity index (χ3n) is 11.4. The number of fused-ring (bicyclic) bond motifs is 1. The Morgan fingerprint density at radius 3 is 2.15 bits per heavy atom. The maximum atomic E-state index is 2.48. The Balaban J connectivity index is 1.43. The van der Waals surface area contributed by atoms with Crippen LogP contribution in [0, 0.1) is 34.6 Å². The normalized spacial score (nSPS) is 16.8. The standard InChI is InChI=1S/C52H59B/c1-9-12-22-48-42(11-3)34-46-25-24-45(35-49(46)48)47-31-39(7)52(40(8)32-47)53(50-27-23-36(4)29-37(50)5)51-28-26-44(30-38(51)6)43(19-10-2)33-41-20-17-15-13-14-16-18-21-41/h12-15,17,19,22-33,35H,9-11,16,18,20-21,34H2,1-8H3/b14-13-,17-15-,22-12-,41-33-,43-19+. The molecule has 0 aromatic heterocycles. The number of allylic oxidation sites excluding steroid dienone is 12. The van der Waals surface area contributed by atoms with Gasteiger partial charge in [-0.05, 0) is 131 Å². The van der Waals surface area contributed by atoms with E-state index in [0.717, 1.165) is 44.9 Å². The Morgan fingerprint density at radius 1 is 0.717 bits per heavy atom. The van der Waals surface area contributed by atoms with Gasteiger partial charge in [-0.3, -0.25) is 0 Å². The predicted octanol–water partition coefficient (Wildman–Crippen LogP) is 12.5. The van der Waals surface area contributed by atoms with E-state index in [-0.39, 0.29) is 6.71 Å². The van der Waals surface area contributed by atoms with Crippen molar-refractivity contribution in [1.82, 2.24) is 0 Å². The molecule has 270 valence electrons. The van der Waals surface area contributed by atoms with E-state index >= 15 is 0 Å². The van der Waals surface area contributed by atoms with Gasteiger partial charge in [-0.15, -0.1) is 0 Å². The van der Waals surface area contributed by atoms with Gasteiger partial charge in [0.25, 0.3) is 0 Å². The van der Waals surface area contributed by atoms with Crippen LogP contribution < -0.4 is 16.4 Å². The van der Waals surface area contributed by atoms with Crippen LogP contribution in [-0.4, -0.2) is 6.71 Å². The van der Waals surface area contributed by atoms with E-state index in [9.17, 15) is 0 Å². The fraction of sp³-hybridized carbons (Fsp3) is 0.308. The summed E-state index contributed by atoms with van der Waals surface area (Å²) in [5.41, 5.74) is 23.6. The molecule has 2 aliphatic carbocycles. The smallest absolute Gasteiger partial charge is 0.0845 e. The van der Waals surface area contributed by atoms with Gasteiger partial charge in [-0.1, -0.05) is 185 Å². The number of hydrogen-bond donors (Lipinski definition) is 0. The molecule has 4 aromatic carbocycles. The third-order valence-corrected chi connectivity index (χ3v) is 11.4. The summed E-state index contributed by atoms with van der Waals surface area (Å²) < 4.78 is 0. The molecule has 0 radical (unpaired) electrons. The van der Waals surface area contributed by atoms with E-state index in [1.807, 2.05) is 0 Å². The van der Waals surface area contributed by atoms with Gasteiger partial charge in [0.15, 0.2) is 0 Å². The predicted molar refractivity (Wildman–Crippen MR) is 237 cm³/mol. The highest BCUT2D eigenvalue weighted by Crippen LogP contribution is 2.38. The summed E-state index contributed by atoms with van der Waals surface area (Å²) >= 11 is 0. The highest BCUT2D eigenvalue weighted by atomic mass is 14.2. The Bertz CT molecular complexity index is 2130. The average Bonchev–Trinajstić information content (AvgIpc) is 3.55. The van der Waals surface area contributed by atoms with E-state index in [0.29, 0.717) is 0 Å². The summed E-state index contributed by atoms with van der Waals surface area (Å²) in [6.45, 7) is 18.4. The molecule has 0 spiro atoms. The summed E-state index contributed by atoms with van der Waals surface area (Å²) in [7, 11) is 0. The molecule has 0 bridgehead atoms. The zero-order valence-corrected chi connectivity index (χ0v) is 33.7. The van der Waals surface area contributed by atoms with E-state index < -0.39 is 0 Å². The largest absolute Gasteiger partial charge is 0.242 e. The summed E-state index contributed by atoms with van der Waals surface area (Å²) in [5.74, 6) is 0. The highest BCUT2D eigenvalue weighted by molar-refractivity contribution is 6.96. The Hall–Kier alpha value is -4.62. The topological polar surface area (TPSA) is 0 Å². The van der Waals surface area contributed by atoms with Gasteiger partial charge < -0.3 is 0 Å². The molecule has 0 heterocycles. The van der Waals surface area contributed by atoms with Crippen LogP contribution in [-0.2, 0) is 6.42 Å². The van der Waals surface area contributed by atoms with Crippen molar-refractivity contribution in [1.29, 1.82) is 0 Å². The monoisotopic (exact) mass is 694 g/mol. The molecule has 53 heavy (non-hydrogen) atoms. The molecule has 0 saturated carbocycles. The summed E-state index contributed by atoms with van der Waals surface area (Å²) in [4.78, 5) is 0. The zero-order valence-electron chi connectivity index (χ0n) is 33.7. The molecule has 4 aromatic rings. The lowest BCUT2D eigenvalue weighted by atomic mass is 9.34. The summed E-state index contributed by atoms with van der Waals surface area (Å²) in [6, 6.07) is 26.4. The first-order valence-electron chi connectivity index (χ1n) is 20.2. The lowest BCUT2D eigenvalue weighted by Crippen LogP contribution is -2.55. The molecule has 1 heteroatoms. The van der Waals surface area contributed by atoms with Crippen molar-refractivity contribution < 1.29 is 0 Å². The van der Waals surface area contributed by atoms with Crippen LogP contribution in [0.15, 0.2) is 126 Å². The Labute approximate surface area is 321 Å². The van der Waals surface area contributed by atoms with Crippen molar-refractivity contribution in [3.8, 4) is 11.1 Å². The van der Waals surface area contributed by atoms with Crippen LogP contribution in [0.1, 0.15) is 110 Å². The van der Waals surface area contributed by atoms with Gasteiger partial charge in [0, 0.05) is 0 Å². The van der Waals surface area contributed by atoms with Crippen LogP contribution >= 0.6 is 0 Å². The SMILES string of the molecule is CC/C=C\C1=C(CC)Cc2ccc(-c3cc(C)c(B(c4ccc(C)cc4C)c4ccc(C(/C=C5/C/C=C\C=C/CCC5)=C/CC)cc4C)c(C)c3)cc21. The van der Waals surface area contributed by atoms with Gasteiger partial charge >= 0.3 is 0 Å². The molecule has 0 fully saturated rings. The first kappa shape index (κ1) is 38.1. The fourth-order valence-corrected chi connectivity index (χ4v) is 8.69. The maximum absolute atomic E-state index is 2.48. The molecule has 0 aliphatic heterocycles. The van der Waals surface area contributed by atoms with Crippen LogP contribution in [0.2, 0.25) is 0 Å². The molecule has 2 aliphatic rings. The van der Waals surface area contributed by atoms with Crippen molar-refractivity contribution in [3.63, 3.8) is 0 Å². The zero-order chi connectivity index (χ0) is 37.5. The molecular formula is C52H59B. The minimum absolute atomic E-state index is 0.142. The molecule has 0 amide bonds. The lowest BCUT2D eigenvalue weighted by Gasteiger charge is -2.25. The van der Waals surface area contributed by atoms with Crippen molar-refractivity contribution in [2.45, 2.75) is 107 Å². The number of hydrogen-bond acceptors (Lipinski definition) is 0. The fourth-order valence-electron chi connectivity index (χ4n) is 8.69. The molecular weight excluding hydrogens is 635 g/mol.